The molecule has 1 aliphatic rings. The third-order valence-electron chi connectivity index (χ3n) is 2.91. The van der Waals surface area contributed by atoms with Crippen molar-refractivity contribution in [3.05, 3.63) is 35.1 Å². The van der Waals surface area contributed by atoms with E-state index in [1.54, 1.807) is 0 Å². The molecule has 82 valence electrons. The largest absolute Gasteiger partial charge is 0.310 e. The number of halogens is 3. The second-order valence-corrected chi connectivity index (χ2v) is 3.99. The lowest BCUT2D eigenvalue weighted by Crippen LogP contribution is -2.18. The van der Waals surface area contributed by atoms with E-state index >= 15 is 0 Å². The predicted octanol–water partition coefficient (Wildman–Crippen LogP) is 2.77. The van der Waals surface area contributed by atoms with Crippen molar-refractivity contribution in [1.82, 2.24) is 5.32 Å². The summed E-state index contributed by atoms with van der Waals surface area (Å²) in [5, 5.41) is 3.08. The van der Waals surface area contributed by atoms with Gasteiger partial charge < -0.3 is 5.32 Å². The Labute approximate surface area is 86.3 Å². The fourth-order valence-electron chi connectivity index (χ4n) is 2.03. The zero-order chi connectivity index (χ0) is 11.0. The van der Waals surface area contributed by atoms with Crippen molar-refractivity contribution in [3.63, 3.8) is 0 Å². The maximum atomic E-state index is 13.4. The molecule has 15 heavy (non-hydrogen) atoms. The molecule has 0 aliphatic carbocycles. The molecule has 2 atom stereocenters. The first kappa shape index (κ1) is 10.5. The van der Waals surface area contributed by atoms with Crippen LogP contribution in [0.2, 0.25) is 0 Å². The van der Waals surface area contributed by atoms with Gasteiger partial charge in [0.25, 0.3) is 0 Å². The Morgan fingerprint density at radius 1 is 1.13 bits per heavy atom. The van der Waals surface area contributed by atoms with Crippen LogP contribution in [-0.4, -0.2) is 6.54 Å². The van der Waals surface area contributed by atoms with Crippen LogP contribution in [0.4, 0.5) is 13.2 Å². The highest BCUT2D eigenvalue weighted by Crippen LogP contribution is 2.31. The Morgan fingerprint density at radius 3 is 2.40 bits per heavy atom. The van der Waals surface area contributed by atoms with Crippen molar-refractivity contribution in [3.8, 4) is 0 Å². The maximum Gasteiger partial charge on any atom is 0.161 e. The first-order valence-corrected chi connectivity index (χ1v) is 4.97. The molecule has 0 radical (unpaired) electrons. The fraction of sp³-hybridized carbons (Fsp3) is 0.455. The van der Waals surface area contributed by atoms with Gasteiger partial charge in [-0.05, 0) is 24.9 Å². The first-order valence-electron chi connectivity index (χ1n) is 4.97. The zero-order valence-electron chi connectivity index (χ0n) is 8.36. The average molecular weight is 215 g/mol. The summed E-state index contributed by atoms with van der Waals surface area (Å²) < 4.78 is 39.1. The van der Waals surface area contributed by atoms with Crippen molar-refractivity contribution in [2.24, 2.45) is 5.92 Å². The van der Waals surface area contributed by atoms with E-state index in [4.69, 9.17) is 0 Å². The lowest BCUT2D eigenvalue weighted by Gasteiger charge is -2.16. The van der Waals surface area contributed by atoms with Crippen LogP contribution < -0.4 is 5.32 Å². The van der Waals surface area contributed by atoms with Gasteiger partial charge in [0.2, 0.25) is 0 Å². The Hall–Kier alpha value is -1.03. The Balaban J connectivity index is 2.39. The molecule has 1 heterocycles. The number of nitrogens with one attached hydrogen (secondary N) is 1. The van der Waals surface area contributed by atoms with Crippen molar-refractivity contribution in [2.45, 2.75) is 19.4 Å². The van der Waals surface area contributed by atoms with Crippen LogP contribution in [0.3, 0.4) is 0 Å². The van der Waals surface area contributed by atoms with Gasteiger partial charge in [-0.3, -0.25) is 0 Å². The number of benzene rings is 1. The molecule has 1 aliphatic heterocycles. The molecular weight excluding hydrogens is 203 g/mol. The van der Waals surface area contributed by atoms with Crippen LogP contribution in [0.15, 0.2) is 12.1 Å². The topological polar surface area (TPSA) is 12.0 Å². The summed E-state index contributed by atoms with van der Waals surface area (Å²) in [6, 6.07) is 1.35. The SMILES string of the molecule is CC1CCNC1c1cc(F)c(F)cc1F. The minimum absolute atomic E-state index is 0.208. The molecule has 1 saturated heterocycles. The second kappa shape index (κ2) is 3.85. The summed E-state index contributed by atoms with van der Waals surface area (Å²) in [7, 11) is 0. The summed E-state index contributed by atoms with van der Waals surface area (Å²) in [6.45, 7) is 2.75. The third kappa shape index (κ3) is 1.86. The van der Waals surface area contributed by atoms with Crippen LogP contribution in [0.1, 0.15) is 24.9 Å². The fourth-order valence-corrected chi connectivity index (χ4v) is 2.03. The van der Waals surface area contributed by atoms with E-state index in [-0.39, 0.29) is 17.5 Å². The highest BCUT2D eigenvalue weighted by atomic mass is 19.2. The Kier molecular flexibility index (Phi) is 2.69. The molecule has 0 aromatic heterocycles. The molecule has 1 aromatic carbocycles. The van der Waals surface area contributed by atoms with E-state index in [2.05, 4.69) is 5.32 Å². The molecule has 2 unspecified atom stereocenters. The van der Waals surface area contributed by atoms with Crippen molar-refractivity contribution >= 4 is 0 Å². The van der Waals surface area contributed by atoms with Gasteiger partial charge >= 0.3 is 0 Å². The lowest BCUT2D eigenvalue weighted by atomic mass is 9.95. The molecule has 0 spiro atoms. The van der Waals surface area contributed by atoms with Crippen molar-refractivity contribution in [1.29, 1.82) is 0 Å². The zero-order valence-corrected chi connectivity index (χ0v) is 8.36. The minimum Gasteiger partial charge on any atom is -0.310 e. The van der Waals surface area contributed by atoms with Gasteiger partial charge in [-0.1, -0.05) is 6.92 Å². The molecular formula is C11H12F3N. The summed E-state index contributed by atoms with van der Waals surface area (Å²) in [5.41, 5.74) is 0.221. The molecule has 4 heteroatoms. The van der Waals surface area contributed by atoms with E-state index in [1.807, 2.05) is 6.92 Å². The highest BCUT2D eigenvalue weighted by Gasteiger charge is 2.27. The Bertz CT molecular complexity index is 378. The average Bonchev–Trinajstić information content (AvgIpc) is 2.58. The quantitative estimate of drug-likeness (QED) is 0.710. The standard InChI is InChI=1S/C11H12F3N/c1-6-2-3-15-11(6)7-4-9(13)10(14)5-8(7)12/h4-6,11,15H,2-3H2,1H3. The summed E-state index contributed by atoms with van der Waals surface area (Å²) >= 11 is 0. The minimum atomic E-state index is -1.14. The third-order valence-corrected chi connectivity index (χ3v) is 2.91. The van der Waals surface area contributed by atoms with Gasteiger partial charge in [0.1, 0.15) is 5.82 Å². The smallest absolute Gasteiger partial charge is 0.161 e. The number of hydrogen-bond acceptors (Lipinski definition) is 1. The summed E-state index contributed by atoms with van der Waals surface area (Å²) in [6.07, 6.45) is 0.920. The summed E-state index contributed by atoms with van der Waals surface area (Å²) in [4.78, 5) is 0. The monoisotopic (exact) mass is 215 g/mol. The Morgan fingerprint density at radius 2 is 1.80 bits per heavy atom. The molecule has 1 fully saturated rings. The second-order valence-electron chi connectivity index (χ2n) is 3.99. The van der Waals surface area contributed by atoms with Crippen LogP contribution in [0.5, 0.6) is 0 Å². The first-order chi connectivity index (χ1) is 7.09. The van der Waals surface area contributed by atoms with Crippen molar-refractivity contribution < 1.29 is 13.2 Å². The molecule has 2 rings (SSSR count). The lowest BCUT2D eigenvalue weighted by molar-refractivity contribution is 0.451. The van der Waals surface area contributed by atoms with Crippen LogP contribution in [-0.2, 0) is 0 Å². The highest BCUT2D eigenvalue weighted by molar-refractivity contribution is 5.24. The van der Waals surface area contributed by atoms with Gasteiger partial charge in [-0.15, -0.1) is 0 Å². The molecule has 0 amide bonds. The molecule has 1 N–H and O–H groups in total. The van der Waals surface area contributed by atoms with Crippen LogP contribution in [0, 0.1) is 23.4 Å². The number of hydrogen-bond donors (Lipinski definition) is 1. The molecule has 1 aromatic rings. The summed E-state index contributed by atoms with van der Waals surface area (Å²) in [5.74, 6) is -2.57. The van der Waals surface area contributed by atoms with E-state index in [0.29, 0.717) is 6.07 Å². The van der Waals surface area contributed by atoms with Crippen LogP contribution in [0.25, 0.3) is 0 Å². The normalized spacial score (nSPS) is 25.9. The van der Waals surface area contributed by atoms with Crippen molar-refractivity contribution in [2.75, 3.05) is 6.54 Å². The van der Waals surface area contributed by atoms with Gasteiger partial charge in [0, 0.05) is 17.7 Å². The molecule has 0 bridgehead atoms. The van der Waals surface area contributed by atoms with Gasteiger partial charge in [0.15, 0.2) is 11.6 Å². The van der Waals surface area contributed by atoms with Gasteiger partial charge in [-0.2, -0.15) is 0 Å². The maximum absolute atomic E-state index is 13.4. The van der Waals surface area contributed by atoms with E-state index in [1.165, 1.54) is 0 Å². The van der Waals surface area contributed by atoms with E-state index < -0.39 is 17.5 Å². The predicted molar refractivity (Wildman–Crippen MR) is 50.8 cm³/mol. The van der Waals surface area contributed by atoms with E-state index in [0.717, 1.165) is 19.0 Å². The van der Waals surface area contributed by atoms with E-state index in [9.17, 15) is 13.2 Å². The van der Waals surface area contributed by atoms with Gasteiger partial charge in [0.05, 0.1) is 0 Å². The molecule has 0 saturated carbocycles. The number of rotatable bonds is 1. The van der Waals surface area contributed by atoms with Crippen LogP contribution >= 0.6 is 0 Å². The van der Waals surface area contributed by atoms with Gasteiger partial charge in [-0.25, -0.2) is 13.2 Å². The molecule has 1 nitrogen and oxygen atoms in total.